The second kappa shape index (κ2) is 6.69. The Kier molecular flexibility index (Phi) is 6.14. The molecule has 0 bridgehead atoms. The second-order valence-electron chi connectivity index (χ2n) is 4.60. The summed E-state index contributed by atoms with van der Waals surface area (Å²) in [5.41, 5.74) is 0. The predicted octanol–water partition coefficient (Wildman–Crippen LogP) is -1.02. The van der Waals surface area contributed by atoms with E-state index in [-0.39, 0.29) is 0 Å². The van der Waals surface area contributed by atoms with E-state index in [9.17, 15) is 22.8 Å². The zero-order chi connectivity index (χ0) is 16.1. The number of hydrogen-bond donors (Lipinski definition) is 0. The molecule has 0 radical (unpaired) electrons. The number of esters is 2. The SMILES string of the molecule is COC(=O)CN(CC(=O)OC)C(=O)C(C)(C)S(C)(=O)=O. The van der Waals surface area contributed by atoms with Crippen LogP contribution in [0.3, 0.4) is 0 Å². The van der Waals surface area contributed by atoms with Gasteiger partial charge in [0, 0.05) is 6.26 Å². The maximum atomic E-state index is 12.2. The van der Waals surface area contributed by atoms with Crippen LogP contribution in [0.25, 0.3) is 0 Å². The number of carbonyl (C=O) groups excluding carboxylic acids is 3. The minimum atomic E-state index is -3.73. The van der Waals surface area contributed by atoms with Crippen LogP contribution in [-0.2, 0) is 33.7 Å². The molecule has 9 heteroatoms. The van der Waals surface area contributed by atoms with Crippen molar-refractivity contribution in [2.75, 3.05) is 33.6 Å². The molecule has 0 aliphatic heterocycles. The van der Waals surface area contributed by atoms with Gasteiger partial charge in [0.05, 0.1) is 14.2 Å². The topological polar surface area (TPSA) is 107 Å². The summed E-state index contributed by atoms with van der Waals surface area (Å²) in [4.78, 5) is 35.5. The van der Waals surface area contributed by atoms with Gasteiger partial charge in [-0.15, -0.1) is 0 Å². The van der Waals surface area contributed by atoms with Crippen molar-refractivity contribution in [3.8, 4) is 0 Å². The van der Waals surface area contributed by atoms with Gasteiger partial charge >= 0.3 is 11.9 Å². The molecule has 0 unspecified atom stereocenters. The van der Waals surface area contributed by atoms with E-state index in [1.807, 2.05) is 0 Å². The molecule has 20 heavy (non-hydrogen) atoms. The van der Waals surface area contributed by atoms with Crippen LogP contribution in [0.15, 0.2) is 0 Å². The van der Waals surface area contributed by atoms with Gasteiger partial charge in [0.25, 0.3) is 0 Å². The number of ether oxygens (including phenoxy) is 2. The van der Waals surface area contributed by atoms with Gasteiger partial charge in [-0.3, -0.25) is 14.4 Å². The number of carbonyl (C=O) groups is 3. The lowest BCUT2D eigenvalue weighted by molar-refractivity contribution is -0.152. The molecular weight excluding hydrogens is 290 g/mol. The quantitative estimate of drug-likeness (QED) is 0.578. The third kappa shape index (κ3) is 4.48. The molecule has 0 atom stereocenters. The maximum Gasteiger partial charge on any atom is 0.325 e. The summed E-state index contributed by atoms with van der Waals surface area (Å²) in [6, 6.07) is 0. The highest BCUT2D eigenvalue weighted by Gasteiger charge is 2.42. The first-order chi connectivity index (χ1) is 8.97. The van der Waals surface area contributed by atoms with Gasteiger partial charge in [-0.1, -0.05) is 0 Å². The zero-order valence-electron chi connectivity index (χ0n) is 12.1. The Labute approximate surface area is 117 Å². The molecule has 0 aromatic carbocycles. The fourth-order valence-corrected chi connectivity index (χ4v) is 1.63. The number of rotatable bonds is 6. The minimum Gasteiger partial charge on any atom is -0.468 e. The first-order valence-corrected chi connectivity index (χ1v) is 7.49. The summed E-state index contributed by atoms with van der Waals surface area (Å²) in [5.74, 6) is -2.42. The molecule has 116 valence electrons. The first kappa shape index (κ1) is 18.4. The number of nitrogens with zero attached hydrogens (tertiary/aromatic N) is 1. The van der Waals surface area contributed by atoms with Crippen LogP contribution in [0.1, 0.15) is 13.8 Å². The molecule has 1 amide bonds. The summed E-state index contributed by atoms with van der Waals surface area (Å²) in [6.45, 7) is 1.32. The standard InChI is InChI=1S/C11H19NO7S/c1-11(2,20(5,16)17)10(15)12(6-8(13)18-3)7-9(14)19-4/h6-7H2,1-5H3. The Morgan fingerprint density at radius 1 is 1.00 bits per heavy atom. The number of sulfone groups is 1. The fourth-order valence-electron chi connectivity index (χ4n) is 1.18. The van der Waals surface area contributed by atoms with Gasteiger partial charge in [0.1, 0.15) is 17.8 Å². The van der Waals surface area contributed by atoms with Crippen LogP contribution in [0.2, 0.25) is 0 Å². The lowest BCUT2D eigenvalue weighted by atomic mass is 10.1. The zero-order valence-corrected chi connectivity index (χ0v) is 12.9. The molecule has 0 aliphatic carbocycles. The van der Waals surface area contributed by atoms with Crippen molar-refractivity contribution in [2.45, 2.75) is 18.6 Å². The summed E-state index contributed by atoms with van der Waals surface area (Å²) in [6.07, 6.45) is 0.902. The van der Waals surface area contributed by atoms with Crippen LogP contribution >= 0.6 is 0 Å². The molecule has 0 spiro atoms. The van der Waals surface area contributed by atoms with Crippen LogP contribution in [0, 0.1) is 0 Å². The van der Waals surface area contributed by atoms with Crippen molar-refractivity contribution in [3.05, 3.63) is 0 Å². The summed E-state index contributed by atoms with van der Waals surface area (Å²) in [5, 5.41) is 0. The minimum absolute atomic E-state index is 0.538. The summed E-state index contributed by atoms with van der Waals surface area (Å²) < 4.78 is 30.3. The van der Waals surface area contributed by atoms with E-state index in [4.69, 9.17) is 0 Å². The Bertz CT molecular complexity index is 477. The molecule has 0 N–H and O–H groups in total. The lowest BCUT2D eigenvalue weighted by Gasteiger charge is -2.29. The Morgan fingerprint density at radius 3 is 1.60 bits per heavy atom. The van der Waals surface area contributed by atoms with Gasteiger partial charge in [0.2, 0.25) is 5.91 Å². The Balaban J connectivity index is 5.36. The summed E-state index contributed by atoms with van der Waals surface area (Å²) >= 11 is 0. The molecule has 0 saturated carbocycles. The highest BCUT2D eigenvalue weighted by Crippen LogP contribution is 2.18. The number of methoxy groups -OCH3 is 2. The third-order valence-electron chi connectivity index (χ3n) is 2.82. The smallest absolute Gasteiger partial charge is 0.325 e. The Morgan fingerprint density at radius 2 is 1.35 bits per heavy atom. The molecule has 0 fully saturated rings. The lowest BCUT2D eigenvalue weighted by Crippen LogP contribution is -2.52. The van der Waals surface area contributed by atoms with Gasteiger partial charge in [0.15, 0.2) is 9.84 Å². The van der Waals surface area contributed by atoms with Crippen molar-refractivity contribution in [2.24, 2.45) is 0 Å². The largest absolute Gasteiger partial charge is 0.468 e. The second-order valence-corrected chi connectivity index (χ2v) is 7.16. The van der Waals surface area contributed by atoms with Gasteiger partial charge < -0.3 is 14.4 Å². The predicted molar refractivity (Wildman–Crippen MR) is 69.5 cm³/mol. The summed E-state index contributed by atoms with van der Waals surface area (Å²) in [7, 11) is -1.50. The number of amides is 1. The monoisotopic (exact) mass is 309 g/mol. The van der Waals surface area contributed by atoms with Crippen molar-refractivity contribution in [1.29, 1.82) is 0 Å². The van der Waals surface area contributed by atoms with Crippen LogP contribution in [0.4, 0.5) is 0 Å². The average molecular weight is 309 g/mol. The van der Waals surface area contributed by atoms with Crippen LogP contribution in [0.5, 0.6) is 0 Å². The van der Waals surface area contributed by atoms with Crippen molar-refractivity contribution >= 4 is 27.7 Å². The first-order valence-electron chi connectivity index (χ1n) is 5.60. The van der Waals surface area contributed by atoms with E-state index in [1.165, 1.54) is 13.8 Å². The highest BCUT2D eigenvalue weighted by atomic mass is 32.2. The number of hydrogen-bond acceptors (Lipinski definition) is 7. The van der Waals surface area contributed by atoms with Crippen molar-refractivity contribution in [1.82, 2.24) is 4.90 Å². The maximum absolute atomic E-state index is 12.2. The van der Waals surface area contributed by atoms with Gasteiger partial charge in [-0.25, -0.2) is 8.42 Å². The highest BCUT2D eigenvalue weighted by molar-refractivity contribution is 7.92. The van der Waals surface area contributed by atoms with Gasteiger partial charge in [-0.05, 0) is 13.8 Å². The van der Waals surface area contributed by atoms with Crippen LogP contribution in [-0.4, -0.2) is 69.5 Å². The molecule has 0 rings (SSSR count). The molecule has 0 aliphatic rings. The van der Waals surface area contributed by atoms with E-state index in [1.54, 1.807) is 0 Å². The van der Waals surface area contributed by atoms with E-state index < -0.39 is 45.5 Å². The molecule has 0 aromatic rings. The molecule has 0 heterocycles. The molecular formula is C11H19NO7S. The van der Waals surface area contributed by atoms with E-state index in [0.29, 0.717) is 0 Å². The van der Waals surface area contributed by atoms with E-state index in [0.717, 1.165) is 25.4 Å². The fraction of sp³-hybridized carbons (Fsp3) is 0.727. The molecule has 0 aromatic heterocycles. The normalized spacial score (nSPS) is 11.7. The molecule has 8 nitrogen and oxygen atoms in total. The van der Waals surface area contributed by atoms with Crippen molar-refractivity contribution in [3.63, 3.8) is 0 Å². The molecule has 0 saturated heterocycles. The van der Waals surface area contributed by atoms with E-state index in [2.05, 4.69) is 9.47 Å². The van der Waals surface area contributed by atoms with Crippen LogP contribution < -0.4 is 0 Å². The van der Waals surface area contributed by atoms with E-state index >= 15 is 0 Å². The third-order valence-corrected chi connectivity index (χ3v) is 4.85. The van der Waals surface area contributed by atoms with Gasteiger partial charge in [-0.2, -0.15) is 0 Å². The average Bonchev–Trinajstić information content (AvgIpc) is 2.35. The van der Waals surface area contributed by atoms with Crippen molar-refractivity contribution < 1.29 is 32.3 Å². The Hall–Kier alpha value is -1.64.